The van der Waals surface area contributed by atoms with Gasteiger partial charge in [0.05, 0.1) is 11.7 Å². The summed E-state index contributed by atoms with van der Waals surface area (Å²) in [5, 5.41) is 5.22. The quantitative estimate of drug-likeness (QED) is 0.713. The van der Waals surface area contributed by atoms with E-state index in [1.54, 1.807) is 13.2 Å². The summed E-state index contributed by atoms with van der Waals surface area (Å²) in [6.07, 6.45) is 1.71. The summed E-state index contributed by atoms with van der Waals surface area (Å²) < 4.78 is 0. The SMILES string of the molecule is CNC(=O)NC(C)c1ccccn1. The molecule has 1 atom stereocenters. The third-order valence-corrected chi connectivity index (χ3v) is 1.71. The Morgan fingerprint density at radius 1 is 1.54 bits per heavy atom. The van der Waals surface area contributed by atoms with E-state index in [1.807, 2.05) is 25.1 Å². The van der Waals surface area contributed by atoms with E-state index in [1.165, 1.54) is 0 Å². The van der Waals surface area contributed by atoms with Crippen molar-refractivity contribution in [3.63, 3.8) is 0 Å². The molecule has 0 saturated heterocycles. The summed E-state index contributed by atoms with van der Waals surface area (Å²) in [5.74, 6) is 0. The fourth-order valence-electron chi connectivity index (χ4n) is 0.975. The number of urea groups is 1. The molecule has 0 fully saturated rings. The zero-order chi connectivity index (χ0) is 9.68. The van der Waals surface area contributed by atoms with Gasteiger partial charge in [0.15, 0.2) is 0 Å². The fourth-order valence-corrected chi connectivity index (χ4v) is 0.975. The molecule has 0 radical (unpaired) electrons. The number of carbonyl (C=O) groups excluding carboxylic acids is 1. The van der Waals surface area contributed by atoms with Crippen molar-refractivity contribution in [2.24, 2.45) is 0 Å². The van der Waals surface area contributed by atoms with Gasteiger partial charge in [-0.1, -0.05) is 6.07 Å². The Morgan fingerprint density at radius 2 is 2.31 bits per heavy atom. The van der Waals surface area contributed by atoms with Crippen LogP contribution in [0, 0.1) is 0 Å². The topological polar surface area (TPSA) is 54.0 Å². The minimum atomic E-state index is -0.196. The van der Waals surface area contributed by atoms with Crippen LogP contribution >= 0.6 is 0 Å². The van der Waals surface area contributed by atoms with E-state index in [2.05, 4.69) is 15.6 Å². The van der Waals surface area contributed by atoms with Crippen LogP contribution in [0.4, 0.5) is 4.79 Å². The summed E-state index contributed by atoms with van der Waals surface area (Å²) in [5.41, 5.74) is 0.853. The summed E-state index contributed by atoms with van der Waals surface area (Å²) >= 11 is 0. The van der Waals surface area contributed by atoms with Crippen LogP contribution in [-0.2, 0) is 0 Å². The van der Waals surface area contributed by atoms with Crippen LogP contribution in [0.15, 0.2) is 24.4 Å². The van der Waals surface area contributed by atoms with Crippen LogP contribution in [0.1, 0.15) is 18.7 Å². The highest BCUT2D eigenvalue weighted by Gasteiger charge is 2.07. The van der Waals surface area contributed by atoms with Crippen molar-refractivity contribution in [3.05, 3.63) is 30.1 Å². The maximum atomic E-state index is 10.9. The van der Waals surface area contributed by atoms with Crippen molar-refractivity contribution in [2.75, 3.05) is 7.05 Å². The number of nitrogens with one attached hydrogen (secondary N) is 2. The van der Waals surface area contributed by atoms with Crippen LogP contribution < -0.4 is 10.6 Å². The first-order valence-electron chi connectivity index (χ1n) is 4.13. The third-order valence-electron chi connectivity index (χ3n) is 1.71. The van der Waals surface area contributed by atoms with E-state index < -0.39 is 0 Å². The summed E-state index contributed by atoms with van der Waals surface area (Å²) in [6, 6.07) is 5.35. The van der Waals surface area contributed by atoms with Gasteiger partial charge in [0.25, 0.3) is 0 Å². The Hall–Kier alpha value is -1.58. The molecular formula is C9H13N3O. The van der Waals surface area contributed by atoms with Gasteiger partial charge in [-0.25, -0.2) is 4.79 Å². The number of pyridine rings is 1. The molecule has 1 unspecified atom stereocenters. The van der Waals surface area contributed by atoms with Crippen LogP contribution in [0.5, 0.6) is 0 Å². The van der Waals surface area contributed by atoms with E-state index in [9.17, 15) is 4.79 Å². The first kappa shape index (κ1) is 9.51. The van der Waals surface area contributed by atoms with E-state index in [-0.39, 0.29) is 12.1 Å². The lowest BCUT2D eigenvalue weighted by Gasteiger charge is -2.12. The molecule has 1 aromatic rings. The lowest BCUT2D eigenvalue weighted by Crippen LogP contribution is -2.34. The molecule has 4 heteroatoms. The summed E-state index contributed by atoms with van der Waals surface area (Å²) in [7, 11) is 1.58. The summed E-state index contributed by atoms with van der Waals surface area (Å²) in [6.45, 7) is 1.89. The minimum Gasteiger partial charge on any atom is -0.341 e. The highest BCUT2D eigenvalue weighted by atomic mass is 16.2. The minimum absolute atomic E-state index is 0.0684. The zero-order valence-electron chi connectivity index (χ0n) is 7.74. The molecule has 0 bridgehead atoms. The monoisotopic (exact) mass is 179 g/mol. The lowest BCUT2D eigenvalue weighted by molar-refractivity contribution is 0.239. The normalized spacial score (nSPS) is 11.8. The Bertz CT molecular complexity index is 273. The van der Waals surface area contributed by atoms with Gasteiger partial charge in [-0.05, 0) is 19.1 Å². The second-order valence-corrected chi connectivity index (χ2v) is 2.70. The number of amides is 2. The van der Waals surface area contributed by atoms with Crippen molar-refractivity contribution in [1.29, 1.82) is 0 Å². The number of hydrogen-bond acceptors (Lipinski definition) is 2. The Morgan fingerprint density at radius 3 is 2.85 bits per heavy atom. The van der Waals surface area contributed by atoms with Crippen molar-refractivity contribution >= 4 is 6.03 Å². The van der Waals surface area contributed by atoms with Gasteiger partial charge >= 0.3 is 6.03 Å². The maximum absolute atomic E-state index is 10.9. The third kappa shape index (κ3) is 2.74. The molecule has 13 heavy (non-hydrogen) atoms. The molecular weight excluding hydrogens is 166 g/mol. The fraction of sp³-hybridized carbons (Fsp3) is 0.333. The number of nitrogens with zero attached hydrogens (tertiary/aromatic N) is 1. The number of carbonyl (C=O) groups is 1. The second kappa shape index (κ2) is 4.45. The van der Waals surface area contributed by atoms with Crippen LogP contribution in [0.25, 0.3) is 0 Å². The molecule has 4 nitrogen and oxygen atoms in total. The largest absolute Gasteiger partial charge is 0.341 e. The Labute approximate surface area is 77.4 Å². The highest BCUT2D eigenvalue weighted by molar-refractivity contribution is 5.73. The van der Waals surface area contributed by atoms with E-state index >= 15 is 0 Å². The van der Waals surface area contributed by atoms with E-state index in [0.29, 0.717) is 0 Å². The van der Waals surface area contributed by atoms with E-state index in [0.717, 1.165) is 5.69 Å². The first-order chi connectivity index (χ1) is 6.24. The van der Waals surface area contributed by atoms with Gasteiger partial charge in [-0.3, -0.25) is 4.98 Å². The van der Waals surface area contributed by atoms with Gasteiger partial charge in [-0.15, -0.1) is 0 Å². The van der Waals surface area contributed by atoms with Gasteiger partial charge in [-0.2, -0.15) is 0 Å². The molecule has 1 rings (SSSR count). The molecule has 0 saturated carbocycles. The second-order valence-electron chi connectivity index (χ2n) is 2.70. The molecule has 1 heterocycles. The van der Waals surface area contributed by atoms with Gasteiger partial charge in [0.1, 0.15) is 0 Å². The van der Waals surface area contributed by atoms with Crippen LogP contribution in [0.3, 0.4) is 0 Å². The summed E-state index contributed by atoms with van der Waals surface area (Å²) in [4.78, 5) is 15.1. The maximum Gasteiger partial charge on any atom is 0.315 e. The Balaban J connectivity index is 2.59. The molecule has 0 aliphatic heterocycles. The average molecular weight is 179 g/mol. The molecule has 2 N–H and O–H groups in total. The van der Waals surface area contributed by atoms with Crippen LogP contribution in [-0.4, -0.2) is 18.1 Å². The van der Waals surface area contributed by atoms with Crippen molar-refractivity contribution < 1.29 is 4.79 Å². The molecule has 0 spiro atoms. The molecule has 2 amide bonds. The van der Waals surface area contributed by atoms with E-state index in [4.69, 9.17) is 0 Å². The van der Waals surface area contributed by atoms with Crippen molar-refractivity contribution in [2.45, 2.75) is 13.0 Å². The first-order valence-corrected chi connectivity index (χ1v) is 4.13. The van der Waals surface area contributed by atoms with Crippen molar-refractivity contribution in [1.82, 2.24) is 15.6 Å². The molecule has 1 aromatic heterocycles. The zero-order valence-corrected chi connectivity index (χ0v) is 7.74. The highest BCUT2D eigenvalue weighted by Crippen LogP contribution is 2.06. The van der Waals surface area contributed by atoms with Gasteiger partial charge < -0.3 is 10.6 Å². The predicted octanol–water partition coefficient (Wildman–Crippen LogP) is 1.07. The van der Waals surface area contributed by atoms with Gasteiger partial charge in [0, 0.05) is 13.2 Å². The van der Waals surface area contributed by atoms with Crippen LogP contribution in [0.2, 0.25) is 0 Å². The lowest BCUT2D eigenvalue weighted by atomic mass is 10.2. The average Bonchev–Trinajstić information content (AvgIpc) is 2.19. The smallest absolute Gasteiger partial charge is 0.315 e. The molecule has 70 valence electrons. The molecule has 0 aliphatic carbocycles. The van der Waals surface area contributed by atoms with Crippen molar-refractivity contribution in [3.8, 4) is 0 Å². The van der Waals surface area contributed by atoms with Gasteiger partial charge in [0.2, 0.25) is 0 Å². The Kier molecular flexibility index (Phi) is 3.25. The number of rotatable bonds is 2. The predicted molar refractivity (Wildman–Crippen MR) is 50.2 cm³/mol. The molecule has 0 aliphatic rings. The standard InChI is InChI=1S/C9H13N3O/c1-7(12-9(13)10-2)8-5-3-4-6-11-8/h3-7H,1-2H3,(H2,10,12,13). The number of hydrogen-bond donors (Lipinski definition) is 2. The molecule has 0 aromatic carbocycles. The number of aromatic nitrogens is 1.